The second-order valence-electron chi connectivity index (χ2n) is 4.57. The lowest BCUT2D eigenvalue weighted by atomic mass is 10.0. The van der Waals surface area contributed by atoms with Gasteiger partial charge in [0.05, 0.1) is 6.04 Å². The highest BCUT2D eigenvalue weighted by Crippen LogP contribution is 2.28. The van der Waals surface area contributed by atoms with E-state index >= 15 is 0 Å². The van der Waals surface area contributed by atoms with Gasteiger partial charge in [0.25, 0.3) is 0 Å². The number of benzene rings is 2. The van der Waals surface area contributed by atoms with Crippen LogP contribution < -0.4 is 5.32 Å². The third-order valence-electron chi connectivity index (χ3n) is 3.28. The van der Waals surface area contributed by atoms with Crippen molar-refractivity contribution in [3.05, 3.63) is 64.4 Å². The lowest BCUT2D eigenvalue weighted by Gasteiger charge is -2.20. The summed E-state index contributed by atoms with van der Waals surface area (Å²) in [4.78, 5) is 0. The van der Waals surface area contributed by atoms with Gasteiger partial charge in [-0.3, -0.25) is 0 Å². The number of nitrogens with one attached hydrogen (secondary N) is 1. The molecule has 0 amide bonds. The lowest BCUT2D eigenvalue weighted by molar-refractivity contribution is 0.625. The van der Waals surface area contributed by atoms with Crippen LogP contribution in [0.15, 0.2) is 42.5 Å². The van der Waals surface area contributed by atoms with Crippen LogP contribution in [0.2, 0.25) is 5.02 Å². The van der Waals surface area contributed by atoms with Gasteiger partial charge in [0.1, 0.15) is 5.82 Å². The van der Waals surface area contributed by atoms with Crippen molar-refractivity contribution < 1.29 is 4.39 Å². The lowest BCUT2D eigenvalue weighted by Crippen LogP contribution is -2.10. The van der Waals surface area contributed by atoms with Gasteiger partial charge in [-0.1, -0.05) is 36.7 Å². The van der Waals surface area contributed by atoms with Crippen molar-refractivity contribution in [3.8, 4) is 0 Å². The molecule has 0 fully saturated rings. The molecule has 0 aliphatic rings. The van der Waals surface area contributed by atoms with Crippen LogP contribution in [-0.2, 0) is 0 Å². The Morgan fingerprint density at radius 2 is 1.84 bits per heavy atom. The van der Waals surface area contributed by atoms with Gasteiger partial charge in [0, 0.05) is 10.7 Å². The van der Waals surface area contributed by atoms with Crippen LogP contribution in [-0.4, -0.2) is 0 Å². The Morgan fingerprint density at radius 1 is 1.16 bits per heavy atom. The van der Waals surface area contributed by atoms with E-state index in [1.807, 2.05) is 37.3 Å². The summed E-state index contributed by atoms with van der Waals surface area (Å²) in [7, 11) is 0. The number of rotatable bonds is 4. The van der Waals surface area contributed by atoms with Crippen molar-refractivity contribution in [2.24, 2.45) is 0 Å². The first-order valence-corrected chi connectivity index (χ1v) is 6.76. The molecule has 2 aromatic rings. The fourth-order valence-electron chi connectivity index (χ4n) is 2.07. The van der Waals surface area contributed by atoms with Gasteiger partial charge < -0.3 is 5.32 Å². The third kappa shape index (κ3) is 3.27. The van der Waals surface area contributed by atoms with E-state index in [-0.39, 0.29) is 11.9 Å². The summed E-state index contributed by atoms with van der Waals surface area (Å²) in [5.41, 5.74) is 3.12. The highest BCUT2D eigenvalue weighted by Gasteiger charge is 2.11. The average molecular weight is 278 g/mol. The Labute approximate surface area is 118 Å². The molecule has 0 aliphatic heterocycles. The van der Waals surface area contributed by atoms with E-state index in [9.17, 15) is 4.39 Å². The molecule has 0 heterocycles. The number of anilines is 1. The molecule has 3 heteroatoms. The second kappa shape index (κ2) is 6.07. The van der Waals surface area contributed by atoms with Crippen LogP contribution in [0.5, 0.6) is 0 Å². The monoisotopic (exact) mass is 277 g/mol. The van der Waals surface area contributed by atoms with Crippen molar-refractivity contribution in [2.45, 2.75) is 26.3 Å². The zero-order valence-electron chi connectivity index (χ0n) is 11.1. The predicted octanol–water partition coefficient (Wildman–Crippen LogP) is 5.35. The molecular formula is C16H17ClFN. The van der Waals surface area contributed by atoms with Gasteiger partial charge >= 0.3 is 0 Å². The standard InChI is InChI=1S/C16H17ClFN/c1-3-15(12-7-9-13(18)10-8-12)19-16-6-4-5-14(17)11(16)2/h4-10,15,19H,3H2,1-2H3. The van der Waals surface area contributed by atoms with Crippen LogP contribution in [0.25, 0.3) is 0 Å². The number of halogens is 2. The Balaban J connectivity index is 2.24. The molecule has 0 aliphatic carbocycles. The second-order valence-corrected chi connectivity index (χ2v) is 4.98. The largest absolute Gasteiger partial charge is 0.378 e. The van der Waals surface area contributed by atoms with Crippen LogP contribution >= 0.6 is 11.6 Å². The molecule has 0 bridgehead atoms. The van der Waals surface area contributed by atoms with Crippen molar-refractivity contribution in [2.75, 3.05) is 5.32 Å². The quantitative estimate of drug-likeness (QED) is 0.794. The van der Waals surface area contributed by atoms with E-state index in [4.69, 9.17) is 11.6 Å². The smallest absolute Gasteiger partial charge is 0.123 e. The van der Waals surface area contributed by atoms with Crippen molar-refractivity contribution in [1.29, 1.82) is 0 Å². The highest BCUT2D eigenvalue weighted by atomic mass is 35.5. The van der Waals surface area contributed by atoms with E-state index in [0.29, 0.717) is 0 Å². The van der Waals surface area contributed by atoms with Gasteiger partial charge in [0.15, 0.2) is 0 Å². The molecule has 19 heavy (non-hydrogen) atoms. The van der Waals surface area contributed by atoms with Gasteiger partial charge in [-0.15, -0.1) is 0 Å². The summed E-state index contributed by atoms with van der Waals surface area (Å²) in [6.07, 6.45) is 0.914. The van der Waals surface area contributed by atoms with E-state index < -0.39 is 0 Å². The van der Waals surface area contributed by atoms with Crippen LogP contribution in [0.4, 0.5) is 10.1 Å². The molecule has 2 aromatic carbocycles. The Morgan fingerprint density at radius 3 is 2.47 bits per heavy atom. The van der Waals surface area contributed by atoms with Crippen LogP contribution in [0.1, 0.15) is 30.5 Å². The first-order chi connectivity index (χ1) is 9.11. The first kappa shape index (κ1) is 13.9. The fourth-order valence-corrected chi connectivity index (χ4v) is 2.24. The maximum absolute atomic E-state index is 13.0. The summed E-state index contributed by atoms with van der Waals surface area (Å²) in [5, 5.41) is 4.22. The molecule has 1 nitrogen and oxygen atoms in total. The summed E-state index contributed by atoms with van der Waals surface area (Å²) >= 11 is 6.12. The average Bonchev–Trinajstić information content (AvgIpc) is 2.42. The first-order valence-electron chi connectivity index (χ1n) is 6.39. The minimum Gasteiger partial charge on any atom is -0.378 e. The van der Waals surface area contributed by atoms with Crippen molar-refractivity contribution >= 4 is 17.3 Å². The summed E-state index contributed by atoms with van der Waals surface area (Å²) in [6, 6.07) is 12.6. The summed E-state index contributed by atoms with van der Waals surface area (Å²) in [6.45, 7) is 4.09. The third-order valence-corrected chi connectivity index (χ3v) is 3.69. The summed E-state index contributed by atoms with van der Waals surface area (Å²) in [5.74, 6) is -0.211. The fraction of sp³-hybridized carbons (Fsp3) is 0.250. The highest BCUT2D eigenvalue weighted by molar-refractivity contribution is 6.31. The SMILES string of the molecule is CCC(Nc1cccc(Cl)c1C)c1ccc(F)cc1. The molecule has 1 atom stereocenters. The number of hydrogen-bond donors (Lipinski definition) is 1. The molecule has 0 radical (unpaired) electrons. The van der Waals surface area contributed by atoms with Crippen LogP contribution in [0.3, 0.4) is 0 Å². The van der Waals surface area contributed by atoms with Crippen molar-refractivity contribution in [3.63, 3.8) is 0 Å². The topological polar surface area (TPSA) is 12.0 Å². The Bertz CT molecular complexity index is 551. The Kier molecular flexibility index (Phi) is 4.43. The van der Waals surface area contributed by atoms with E-state index in [1.54, 1.807) is 0 Å². The molecule has 1 unspecified atom stereocenters. The molecule has 0 saturated carbocycles. The zero-order chi connectivity index (χ0) is 13.8. The molecule has 0 saturated heterocycles. The molecule has 0 spiro atoms. The van der Waals surface area contributed by atoms with Crippen LogP contribution in [0, 0.1) is 12.7 Å². The zero-order valence-corrected chi connectivity index (χ0v) is 11.8. The molecule has 1 N–H and O–H groups in total. The molecular weight excluding hydrogens is 261 g/mol. The van der Waals surface area contributed by atoms with E-state index in [2.05, 4.69) is 12.2 Å². The van der Waals surface area contributed by atoms with Crippen molar-refractivity contribution in [1.82, 2.24) is 0 Å². The van der Waals surface area contributed by atoms with Gasteiger partial charge in [-0.25, -0.2) is 4.39 Å². The maximum atomic E-state index is 13.0. The summed E-state index contributed by atoms with van der Waals surface area (Å²) < 4.78 is 13.0. The predicted molar refractivity (Wildman–Crippen MR) is 79.2 cm³/mol. The molecule has 100 valence electrons. The molecule has 0 aromatic heterocycles. The van der Waals surface area contributed by atoms with E-state index in [0.717, 1.165) is 28.3 Å². The Hall–Kier alpha value is -1.54. The minimum atomic E-state index is -0.211. The van der Waals surface area contributed by atoms with Gasteiger partial charge in [-0.05, 0) is 48.7 Å². The van der Waals surface area contributed by atoms with Gasteiger partial charge in [-0.2, -0.15) is 0 Å². The van der Waals surface area contributed by atoms with E-state index in [1.165, 1.54) is 12.1 Å². The molecule has 2 rings (SSSR count). The van der Waals surface area contributed by atoms with Gasteiger partial charge in [0.2, 0.25) is 0 Å². The number of hydrogen-bond acceptors (Lipinski definition) is 1. The minimum absolute atomic E-state index is 0.151. The maximum Gasteiger partial charge on any atom is 0.123 e. The normalized spacial score (nSPS) is 12.2.